The second kappa shape index (κ2) is 6.67. The summed E-state index contributed by atoms with van der Waals surface area (Å²) >= 11 is 0. The predicted octanol–water partition coefficient (Wildman–Crippen LogP) is 3.92. The number of rotatable bonds is 8. The molecule has 3 nitrogen and oxygen atoms in total. The number of aromatic nitrogens is 2. The lowest BCUT2D eigenvalue weighted by molar-refractivity contribution is 0.273. The number of hydrogen-bond donors (Lipinski definition) is 1. The Morgan fingerprint density at radius 1 is 1.29 bits per heavy atom. The van der Waals surface area contributed by atoms with Gasteiger partial charge in [0.15, 0.2) is 0 Å². The van der Waals surface area contributed by atoms with E-state index in [1.54, 1.807) is 0 Å². The van der Waals surface area contributed by atoms with Crippen LogP contribution in [-0.2, 0) is 6.54 Å². The minimum absolute atomic E-state index is 0.347. The fraction of sp³-hybridized carbons (Fsp3) is 0.786. The molecule has 0 aliphatic carbocycles. The second-order valence-corrected chi connectivity index (χ2v) is 5.53. The highest BCUT2D eigenvalue weighted by molar-refractivity contribution is 5.25. The van der Waals surface area contributed by atoms with E-state index >= 15 is 0 Å². The number of nitrogens with zero attached hydrogens (tertiary/aromatic N) is 2. The molecule has 0 bridgehead atoms. The molecule has 0 unspecified atom stereocenters. The van der Waals surface area contributed by atoms with E-state index < -0.39 is 0 Å². The van der Waals surface area contributed by atoms with Gasteiger partial charge in [0, 0.05) is 25.5 Å². The van der Waals surface area contributed by atoms with Crippen LogP contribution in [0.3, 0.4) is 0 Å². The minimum atomic E-state index is 0.347. The molecule has 0 aliphatic rings. The number of unbranched alkanes of at least 4 members (excludes halogenated alkanes) is 2. The maximum absolute atomic E-state index is 4.34. The molecule has 0 radical (unpaired) electrons. The van der Waals surface area contributed by atoms with E-state index in [1.165, 1.54) is 25.7 Å². The quantitative estimate of drug-likeness (QED) is 0.694. The Morgan fingerprint density at radius 3 is 2.71 bits per heavy atom. The molecule has 0 aromatic carbocycles. The van der Waals surface area contributed by atoms with Crippen molar-refractivity contribution in [2.24, 2.45) is 5.41 Å². The van der Waals surface area contributed by atoms with Gasteiger partial charge in [-0.25, -0.2) is 4.98 Å². The first-order chi connectivity index (χ1) is 8.09. The van der Waals surface area contributed by atoms with Crippen LogP contribution in [0.2, 0.25) is 0 Å². The van der Waals surface area contributed by atoms with Gasteiger partial charge in [0.25, 0.3) is 0 Å². The number of hydrogen-bond acceptors (Lipinski definition) is 2. The Balaban J connectivity index is 2.52. The van der Waals surface area contributed by atoms with Crippen molar-refractivity contribution in [2.45, 2.75) is 59.9 Å². The Labute approximate surface area is 106 Å². The van der Waals surface area contributed by atoms with Crippen LogP contribution < -0.4 is 5.32 Å². The summed E-state index contributed by atoms with van der Waals surface area (Å²) in [7, 11) is 0. The smallest absolute Gasteiger partial charge is 0.202 e. The van der Waals surface area contributed by atoms with E-state index in [0.717, 1.165) is 19.0 Å². The highest BCUT2D eigenvalue weighted by Crippen LogP contribution is 2.27. The molecule has 0 saturated heterocycles. The average molecular weight is 237 g/mol. The summed E-state index contributed by atoms with van der Waals surface area (Å²) in [6, 6.07) is 0. The summed E-state index contributed by atoms with van der Waals surface area (Å²) < 4.78 is 2.23. The molecule has 1 aromatic heterocycles. The van der Waals surface area contributed by atoms with Crippen molar-refractivity contribution in [2.75, 3.05) is 11.9 Å². The first-order valence-corrected chi connectivity index (χ1v) is 6.84. The third-order valence-corrected chi connectivity index (χ3v) is 3.11. The lowest BCUT2D eigenvalue weighted by atomic mass is 9.87. The topological polar surface area (TPSA) is 29.9 Å². The summed E-state index contributed by atoms with van der Waals surface area (Å²) in [5, 5.41) is 3.30. The van der Waals surface area contributed by atoms with Crippen LogP contribution in [0.25, 0.3) is 0 Å². The van der Waals surface area contributed by atoms with Crippen LogP contribution in [-0.4, -0.2) is 16.1 Å². The molecule has 0 aliphatic heterocycles. The van der Waals surface area contributed by atoms with Crippen molar-refractivity contribution in [3.05, 3.63) is 12.4 Å². The Morgan fingerprint density at radius 2 is 2.06 bits per heavy atom. The molecule has 98 valence electrons. The Bertz CT molecular complexity index is 315. The minimum Gasteiger partial charge on any atom is -0.356 e. The zero-order chi connectivity index (χ0) is 12.7. The Hall–Kier alpha value is -0.990. The lowest BCUT2D eigenvalue weighted by Crippen LogP contribution is -2.20. The first kappa shape index (κ1) is 14.1. The van der Waals surface area contributed by atoms with Gasteiger partial charge in [-0.05, 0) is 18.8 Å². The number of anilines is 1. The van der Waals surface area contributed by atoms with Crippen molar-refractivity contribution >= 4 is 5.95 Å². The molecule has 1 aromatic rings. The van der Waals surface area contributed by atoms with Crippen molar-refractivity contribution in [1.29, 1.82) is 0 Å². The van der Waals surface area contributed by atoms with Crippen LogP contribution in [0.5, 0.6) is 0 Å². The molecule has 0 fully saturated rings. The summed E-state index contributed by atoms with van der Waals surface area (Å²) in [6.45, 7) is 11.0. The second-order valence-electron chi connectivity index (χ2n) is 5.53. The van der Waals surface area contributed by atoms with E-state index in [1.807, 2.05) is 6.20 Å². The van der Waals surface area contributed by atoms with Gasteiger partial charge in [0.05, 0.1) is 0 Å². The highest BCUT2D eigenvalue weighted by atomic mass is 15.2. The zero-order valence-corrected chi connectivity index (χ0v) is 11.8. The fourth-order valence-electron chi connectivity index (χ4n) is 2.16. The SMILES string of the molecule is CCCCCC(C)(C)Cn1ccnc1NCC. The molecule has 3 heteroatoms. The van der Waals surface area contributed by atoms with E-state index in [2.05, 4.69) is 48.8 Å². The van der Waals surface area contributed by atoms with Gasteiger partial charge in [-0.1, -0.05) is 40.0 Å². The highest BCUT2D eigenvalue weighted by Gasteiger charge is 2.19. The molecular weight excluding hydrogens is 210 g/mol. The summed E-state index contributed by atoms with van der Waals surface area (Å²) in [4.78, 5) is 4.34. The van der Waals surface area contributed by atoms with E-state index in [-0.39, 0.29) is 0 Å². The molecule has 17 heavy (non-hydrogen) atoms. The van der Waals surface area contributed by atoms with Gasteiger partial charge in [-0.3, -0.25) is 0 Å². The number of imidazole rings is 1. The standard InChI is InChI=1S/C14H27N3/c1-5-7-8-9-14(3,4)12-17-11-10-16-13(17)15-6-2/h10-11H,5-9,12H2,1-4H3,(H,15,16). The molecule has 0 atom stereocenters. The molecule has 0 amide bonds. The van der Waals surface area contributed by atoms with Crippen LogP contribution in [0.4, 0.5) is 5.95 Å². The van der Waals surface area contributed by atoms with Gasteiger partial charge in [0.2, 0.25) is 5.95 Å². The van der Waals surface area contributed by atoms with Gasteiger partial charge in [0.1, 0.15) is 0 Å². The summed E-state index contributed by atoms with van der Waals surface area (Å²) in [5.74, 6) is 0.996. The monoisotopic (exact) mass is 237 g/mol. The van der Waals surface area contributed by atoms with Crippen LogP contribution in [0, 0.1) is 5.41 Å². The largest absolute Gasteiger partial charge is 0.356 e. The lowest BCUT2D eigenvalue weighted by Gasteiger charge is -2.26. The third kappa shape index (κ3) is 4.80. The van der Waals surface area contributed by atoms with Gasteiger partial charge < -0.3 is 9.88 Å². The maximum Gasteiger partial charge on any atom is 0.202 e. The molecule has 0 spiro atoms. The van der Waals surface area contributed by atoms with Crippen LogP contribution in [0.15, 0.2) is 12.4 Å². The maximum atomic E-state index is 4.34. The van der Waals surface area contributed by atoms with Gasteiger partial charge in [-0.15, -0.1) is 0 Å². The Kier molecular flexibility index (Phi) is 5.52. The van der Waals surface area contributed by atoms with E-state index in [0.29, 0.717) is 5.41 Å². The summed E-state index contributed by atoms with van der Waals surface area (Å²) in [5.41, 5.74) is 0.347. The van der Waals surface area contributed by atoms with E-state index in [4.69, 9.17) is 0 Å². The van der Waals surface area contributed by atoms with Gasteiger partial charge in [-0.2, -0.15) is 0 Å². The predicted molar refractivity (Wildman–Crippen MR) is 74.3 cm³/mol. The van der Waals surface area contributed by atoms with Crippen molar-refractivity contribution in [1.82, 2.24) is 9.55 Å². The van der Waals surface area contributed by atoms with Crippen molar-refractivity contribution in [3.8, 4) is 0 Å². The molecule has 1 N–H and O–H groups in total. The van der Waals surface area contributed by atoms with E-state index in [9.17, 15) is 0 Å². The molecule has 1 rings (SSSR count). The van der Waals surface area contributed by atoms with Crippen LogP contribution >= 0.6 is 0 Å². The third-order valence-electron chi connectivity index (χ3n) is 3.11. The summed E-state index contributed by atoms with van der Waals surface area (Å²) in [6.07, 6.45) is 9.19. The molecule has 1 heterocycles. The normalized spacial score (nSPS) is 11.8. The number of nitrogens with one attached hydrogen (secondary N) is 1. The van der Waals surface area contributed by atoms with Crippen molar-refractivity contribution < 1.29 is 0 Å². The van der Waals surface area contributed by atoms with Crippen molar-refractivity contribution in [3.63, 3.8) is 0 Å². The van der Waals surface area contributed by atoms with Gasteiger partial charge >= 0.3 is 0 Å². The molecular formula is C14H27N3. The average Bonchev–Trinajstić information content (AvgIpc) is 2.66. The first-order valence-electron chi connectivity index (χ1n) is 6.84. The zero-order valence-electron chi connectivity index (χ0n) is 11.8. The molecule has 0 saturated carbocycles. The fourth-order valence-corrected chi connectivity index (χ4v) is 2.16. The van der Waals surface area contributed by atoms with Crippen LogP contribution in [0.1, 0.15) is 53.4 Å².